The number of carbonyl (C=O) groups is 1. The maximum absolute atomic E-state index is 11.9. The summed E-state index contributed by atoms with van der Waals surface area (Å²) in [6, 6.07) is 0. The standard InChI is InChI=1S/C12H17N3O3/c1-2-15-7-6-13-9(10(15)16)14-8-12(11(17)18)4-3-5-12/h6-7H,2-5,8H2,1H3,(H,13,14)(H,17,18). The predicted molar refractivity (Wildman–Crippen MR) is 66.6 cm³/mol. The molecule has 18 heavy (non-hydrogen) atoms. The maximum Gasteiger partial charge on any atom is 0.311 e. The van der Waals surface area contributed by atoms with Crippen molar-refractivity contribution in [2.75, 3.05) is 11.9 Å². The molecule has 2 N–H and O–H groups in total. The summed E-state index contributed by atoms with van der Waals surface area (Å²) in [6.07, 6.45) is 5.40. The van der Waals surface area contributed by atoms with E-state index in [1.807, 2.05) is 6.92 Å². The van der Waals surface area contributed by atoms with Crippen LogP contribution in [0, 0.1) is 5.41 Å². The lowest BCUT2D eigenvalue weighted by molar-refractivity contribution is -0.153. The monoisotopic (exact) mass is 251 g/mol. The Kier molecular flexibility index (Phi) is 3.36. The van der Waals surface area contributed by atoms with E-state index in [2.05, 4.69) is 10.3 Å². The number of carboxylic acid groups (broad SMARTS) is 1. The number of nitrogens with one attached hydrogen (secondary N) is 1. The van der Waals surface area contributed by atoms with Crippen LogP contribution in [-0.4, -0.2) is 27.2 Å². The van der Waals surface area contributed by atoms with Crippen LogP contribution < -0.4 is 10.9 Å². The van der Waals surface area contributed by atoms with Crippen molar-refractivity contribution in [1.82, 2.24) is 9.55 Å². The molecule has 1 saturated carbocycles. The first kappa shape index (κ1) is 12.6. The number of aryl methyl sites for hydroxylation is 1. The molecule has 0 spiro atoms. The van der Waals surface area contributed by atoms with E-state index in [0.29, 0.717) is 19.4 Å². The summed E-state index contributed by atoms with van der Waals surface area (Å²) in [5.74, 6) is -0.570. The molecule has 1 aliphatic rings. The van der Waals surface area contributed by atoms with Gasteiger partial charge in [-0.25, -0.2) is 4.98 Å². The van der Waals surface area contributed by atoms with Gasteiger partial charge in [0.1, 0.15) is 0 Å². The Morgan fingerprint density at radius 1 is 1.61 bits per heavy atom. The molecule has 0 amide bonds. The average Bonchev–Trinajstić information content (AvgIpc) is 2.29. The summed E-state index contributed by atoms with van der Waals surface area (Å²) in [5, 5.41) is 12.1. The van der Waals surface area contributed by atoms with Crippen LogP contribution in [0.15, 0.2) is 17.2 Å². The second-order valence-corrected chi connectivity index (χ2v) is 4.66. The SMILES string of the molecule is CCn1ccnc(NCC2(C(=O)O)CCC2)c1=O. The number of aliphatic carboxylic acids is 1. The molecule has 6 nitrogen and oxygen atoms in total. The van der Waals surface area contributed by atoms with Gasteiger partial charge in [-0.15, -0.1) is 0 Å². The average molecular weight is 251 g/mol. The molecular formula is C12H17N3O3. The summed E-state index contributed by atoms with van der Waals surface area (Å²) >= 11 is 0. The number of carboxylic acids is 1. The van der Waals surface area contributed by atoms with E-state index in [1.54, 1.807) is 12.4 Å². The molecule has 1 fully saturated rings. The molecule has 1 aromatic heterocycles. The minimum absolute atomic E-state index is 0.208. The Bertz CT molecular complexity index is 506. The number of rotatable bonds is 5. The fraction of sp³-hybridized carbons (Fsp3) is 0.583. The van der Waals surface area contributed by atoms with Gasteiger partial charge in [-0.05, 0) is 19.8 Å². The number of hydrogen-bond acceptors (Lipinski definition) is 4. The van der Waals surface area contributed by atoms with Gasteiger partial charge in [0, 0.05) is 25.5 Å². The van der Waals surface area contributed by atoms with Gasteiger partial charge >= 0.3 is 5.97 Å². The Hall–Kier alpha value is -1.85. The lowest BCUT2D eigenvalue weighted by Gasteiger charge is -2.37. The van der Waals surface area contributed by atoms with Crippen LogP contribution in [0.2, 0.25) is 0 Å². The van der Waals surface area contributed by atoms with E-state index in [-0.39, 0.29) is 17.9 Å². The van der Waals surface area contributed by atoms with Gasteiger partial charge in [0.05, 0.1) is 5.41 Å². The van der Waals surface area contributed by atoms with E-state index in [1.165, 1.54) is 4.57 Å². The van der Waals surface area contributed by atoms with Gasteiger partial charge in [0.2, 0.25) is 0 Å². The Balaban J connectivity index is 2.11. The Morgan fingerprint density at radius 3 is 2.83 bits per heavy atom. The van der Waals surface area contributed by atoms with Crippen LogP contribution in [0.1, 0.15) is 26.2 Å². The van der Waals surface area contributed by atoms with Crippen molar-refractivity contribution in [2.24, 2.45) is 5.41 Å². The van der Waals surface area contributed by atoms with E-state index in [0.717, 1.165) is 6.42 Å². The molecule has 0 bridgehead atoms. The van der Waals surface area contributed by atoms with Crippen LogP contribution in [0.4, 0.5) is 5.82 Å². The molecule has 1 aliphatic carbocycles. The summed E-state index contributed by atoms with van der Waals surface area (Å²) in [4.78, 5) is 27.0. The molecule has 0 aromatic carbocycles. The van der Waals surface area contributed by atoms with Crippen LogP contribution in [-0.2, 0) is 11.3 Å². The zero-order valence-corrected chi connectivity index (χ0v) is 10.3. The van der Waals surface area contributed by atoms with Gasteiger partial charge < -0.3 is 15.0 Å². The van der Waals surface area contributed by atoms with Gasteiger partial charge in [0.15, 0.2) is 5.82 Å². The number of hydrogen-bond donors (Lipinski definition) is 2. The molecule has 1 heterocycles. The molecule has 1 aromatic rings. The van der Waals surface area contributed by atoms with Crippen LogP contribution in [0.25, 0.3) is 0 Å². The van der Waals surface area contributed by atoms with Crippen molar-refractivity contribution in [3.8, 4) is 0 Å². The van der Waals surface area contributed by atoms with Crippen molar-refractivity contribution in [2.45, 2.75) is 32.7 Å². The molecule has 6 heteroatoms. The summed E-state index contributed by atoms with van der Waals surface area (Å²) in [7, 11) is 0. The lowest BCUT2D eigenvalue weighted by atomic mass is 9.69. The third-order valence-corrected chi connectivity index (χ3v) is 3.61. The van der Waals surface area contributed by atoms with Crippen LogP contribution >= 0.6 is 0 Å². The highest BCUT2D eigenvalue weighted by atomic mass is 16.4. The van der Waals surface area contributed by atoms with Gasteiger partial charge in [-0.3, -0.25) is 9.59 Å². The third kappa shape index (κ3) is 2.10. The quantitative estimate of drug-likeness (QED) is 0.813. The lowest BCUT2D eigenvalue weighted by Crippen LogP contribution is -2.44. The number of nitrogens with zero attached hydrogens (tertiary/aromatic N) is 2. The van der Waals surface area contributed by atoms with E-state index in [9.17, 15) is 14.7 Å². The third-order valence-electron chi connectivity index (χ3n) is 3.61. The van der Waals surface area contributed by atoms with Crippen molar-refractivity contribution in [3.63, 3.8) is 0 Å². The molecular weight excluding hydrogens is 234 g/mol. The summed E-state index contributed by atoms with van der Waals surface area (Å²) in [5.41, 5.74) is -0.930. The minimum Gasteiger partial charge on any atom is -0.481 e. The highest BCUT2D eigenvalue weighted by Gasteiger charge is 2.44. The smallest absolute Gasteiger partial charge is 0.311 e. The number of aromatic nitrogens is 2. The van der Waals surface area contributed by atoms with E-state index in [4.69, 9.17) is 0 Å². The molecule has 0 radical (unpaired) electrons. The summed E-state index contributed by atoms with van der Waals surface area (Å²) < 4.78 is 1.53. The molecule has 0 unspecified atom stereocenters. The Morgan fingerprint density at radius 2 is 2.33 bits per heavy atom. The van der Waals surface area contributed by atoms with Crippen LogP contribution in [0.3, 0.4) is 0 Å². The first-order valence-corrected chi connectivity index (χ1v) is 6.12. The van der Waals surface area contributed by atoms with Crippen molar-refractivity contribution < 1.29 is 9.90 Å². The van der Waals surface area contributed by atoms with Crippen LogP contribution in [0.5, 0.6) is 0 Å². The zero-order chi connectivity index (χ0) is 13.2. The topological polar surface area (TPSA) is 84.2 Å². The largest absolute Gasteiger partial charge is 0.481 e. The highest BCUT2D eigenvalue weighted by molar-refractivity contribution is 5.76. The minimum atomic E-state index is -0.798. The normalized spacial score (nSPS) is 16.9. The first-order chi connectivity index (χ1) is 8.59. The van der Waals surface area contributed by atoms with Crippen molar-refractivity contribution in [1.29, 1.82) is 0 Å². The first-order valence-electron chi connectivity index (χ1n) is 6.12. The van der Waals surface area contributed by atoms with Gasteiger partial charge in [-0.2, -0.15) is 0 Å². The molecule has 0 atom stereocenters. The van der Waals surface area contributed by atoms with Gasteiger partial charge in [0.25, 0.3) is 5.56 Å². The van der Waals surface area contributed by atoms with Crippen molar-refractivity contribution >= 4 is 11.8 Å². The second kappa shape index (κ2) is 4.80. The second-order valence-electron chi connectivity index (χ2n) is 4.66. The summed E-state index contributed by atoms with van der Waals surface area (Å²) in [6.45, 7) is 2.70. The van der Waals surface area contributed by atoms with E-state index >= 15 is 0 Å². The van der Waals surface area contributed by atoms with Crippen molar-refractivity contribution in [3.05, 3.63) is 22.7 Å². The maximum atomic E-state index is 11.9. The highest BCUT2D eigenvalue weighted by Crippen LogP contribution is 2.40. The molecule has 2 rings (SSSR count). The van der Waals surface area contributed by atoms with E-state index < -0.39 is 11.4 Å². The molecule has 98 valence electrons. The zero-order valence-electron chi connectivity index (χ0n) is 10.3. The number of anilines is 1. The molecule has 0 saturated heterocycles. The fourth-order valence-corrected chi connectivity index (χ4v) is 2.14. The predicted octanol–water partition coefficient (Wildman–Crippen LogP) is 0.930. The Labute approximate surface area is 105 Å². The molecule has 0 aliphatic heterocycles. The fourth-order valence-electron chi connectivity index (χ4n) is 2.14. The van der Waals surface area contributed by atoms with Gasteiger partial charge in [-0.1, -0.05) is 6.42 Å².